The first-order chi connectivity index (χ1) is 24.2. The molecule has 9 heteroatoms. The third kappa shape index (κ3) is 4.42. The average molecular weight is 667 g/mol. The van der Waals surface area contributed by atoms with Crippen LogP contribution in [0.2, 0.25) is 0 Å². The molecule has 4 aromatic carbocycles. The van der Waals surface area contributed by atoms with Crippen LogP contribution in [-0.2, 0) is 19.2 Å². The molecule has 50 heavy (non-hydrogen) atoms. The van der Waals surface area contributed by atoms with Crippen molar-refractivity contribution < 1.29 is 33.8 Å². The van der Waals surface area contributed by atoms with E-state index in [9.17, 15) is 29.1 Å². The van der Waals surface area contributed by atoms with Gasteiger partial charge < -0.3 is 9.84 Å². The molecule has 3 fully saturated rings. The molecule has 0 aromatic heterocycles. The van der Waals surface area contributed by atoms with E-state index in [0.29, 0.717) is 33.8 Å². The highest BCUT2D eigenvalue weighted by Gasteiger charge is 2.68. The van der Waals surface area contributed by atoms with Gasteiger partial charge in [0.1, 0.15) is 11.5 Å². The topological polar surface area (TPSA) is 121 Å². The number of benzene rings is 4. The first kappa shape index (κ1) is 31.4. The second kappa shape index (κ2) is 11.7. The number of imide groups is 2. The summed E-state index contributed by atoms with van der Waals surface area (Å²) in [7, 11) is 1.48. The van der Waals surface area contributed by atoms with Crippen LogP contribution in [0.15, 0.2) is 115 Å². The van der Waals surface area contributed by atoms with Crippen molar-refractivity contribution in [3.63, 3.8) is 0 Å². The number of hydrogen-bond acceptors (Lipinski definition) is 7. The second-order valence-corrected chi connectivity index (χ2v) is 13.6. The lowest BCUT2D eigenvalue weighted by molar-refractivity contribution is -0.131. The van der Waals surface area contributed by atoms with Gasteiger partial charge in [-0.3, -0.25) is 28.9 Å². The van der Waals surface area contributed by atoms with E-state index in [2.05, 4.69) is 0 Å². The summed E-state index contributed by atoms with van der Waals surface area (Å²) in [5.41, 5.74) is 1.57. The molecule has 1 N–H and O–H groups in total. The minimum Gasteiger partial charge on any atom is -0.508 e. The van der Waals surface area contributed by atoms with Gasteiger partial charge >= 0.3 is 0 Å². The summed E-state index contributed by atoms with van der Waals surface area (Å²) in [6.07, 6.45) is 2.37. The molecule has 0 spiro atoms. The zero-order chi connectivity index (χ0) is 34.9. The summed E-state index contributed by atoms with van der Waals surface area (Å²) in [5.74, 6) is -5.07. The van der Waals surface area contributed by atoms with Gasteiger partial charge in [0.05, 0.1) is 41.7 Å². The Kier molecular flexibility index (Phi) is 7.33. The van der Waals surface area contributed by atoms with Crippen LogP contribution in [0.5, 0.6) is 11.5 Å². The second-order valence-electron chi connectivity index (χ2n) is 13.6. The molecular formula is C41H34N2O7. The number of nitrogens with zero attached hydrogens (tertiary/aromatic N) is 2. The monoisotopic (exact) mass is 666 g/mol. The quantitative estimate of drug-likeness (QED) is 0.151. The lowest BCUT2D eigenvalue weighted by Crippen LogP contribution is -2.49. The number of ether oxygens (including phenoxy) is 1. The molecule has 4 aromatic rings. The van der Waals surface area contributed by atoms with Crippen LogP contribution in [0, 0.1) is 29.1 Å². The van der Waals surface area contributed by atoms with E-state index in [1.165, 1.54) is 23.0 Å². The number of phenolic OH excluding ortho intramolecular Hbond substituents is 1. The number of methoxy groups -OCH3 is 1. The Bertz CT molecular complexity index is 2110. The normalized spacial score (nSPS) is 27.1. The molecule has 2 saturated heterocycles. The average Bonchev–Trinajstić information content (AvgIpc) is 3.51. The van der Waals surface area contributed by atoms with Crippen LogP contribution >= 0.6 is 0 Å². The van der Waals surface area contributed by atoms with Crippen molar-refractivity contribution in [1.29, 1.82) is 0 Å². The SMILES string of the molecule is COc1cccc(O)c1[C@H]1C2=CC[C@@H]3C(=O)N(c4ccc(C(=O)c5ccccc5)cc4)C(=O)[C@@H]3[C@@H]2C[C@H]2C(=O)N(c3ccccc3)C(=O)[C@@]12C. The predicted octanol–water partition coefficient (Wildman–Crippen LogP) is 6.07. The van der Waals surface area contributed by atoms with Gasteiger partial charge in [-0.1, -0.05) is 66.2 Å². The predicted molar refractivity (Wildman–Crippen MR) is 185 cm³/mol. The van der Waals surface area contributed by atoms with Gasteiger partial charge in [-0.15, -0.1) is 0 Å². The molecule has 1 saturated carbocycles. The molecular weight excluding hydrogens is 632 g/mol. The summed E-state index contributed by atoms with van der Waals surface area (Å²) in [4.78, 5) is 72.9. The number of rotatable bonds is 6. The number of phenols is 1. The molecule has 2 aliphatic heterocycles. The van der Waals surface area contributed by atoms with Crippen molar-refractivity contribution in [2.75, 3.05) is 16.9 Å². The third-order valence-electron chi connectivity index (χ3n) is 11.3. The lowest BCUT2D eigenvalue weighted by Gasteiger charge is -2.49. The molecule has 4 aliphatic rings. The van der Waals surface area contributed by atoms with Gasteiger partial charge in [0, 0.05) is 22.6 Å². The molecule has 2 heterocycles. The highest BCUT2D eigenvalue weighted by Crippen LogP contribution is 2.65. The van der Waals surface area contributed by atoms with Crippen molar-refractivity contribution >= 4 is 40.8 Å². The highest BCUT2D eigenvalue weighted by atomic mass is 16.5. The number of ketones is 1. The fourth-order valence-electron chi connectivity index (χ4n) is 8.92. The van der Waals surface area contributed by atoms with E-state index in [-0.39, 0.29) is 42.1 Å². The van der Waals surface area contributed by atoms with Crippen LogP contribution in [0.25, 0.3) is 0 Å². The van der Waals surface area contributed by atoms with Gasteiger partial charge in [0.15, 0.2) is 5.78 Å². The number of carbonyl (C=O) groups is 5. The zero-order valence-electron chi connectivity index (χ0n) is 27.5. The fourth-order valence-corrected chi connectivity index (χ4v) is 8.92. The Morgan fingerprint density at radius 3 is 2.06 bits per heavy atom. The van der Waals surface area contributed by atoms with Gasteiger partial charge in [-0.05, 0) is 74.2 Å². The van der Waals surface area contributed by atoms with Crippen LogP contribution in [-0.4, -0.2) is 41.6 Å². The van der Waals surface area contributed by atoms with Crippen molar-refractivity contribution in [2.45, 2.75) is 25.7 Å². The van der Waals surface area contributed by atoms with Crippen molar-refractivity contribution in [3.8, 4) is 11.5 Å². The minimum absolute atomic E-state index is 0.0861. The number of aromatic hydroxyl groups is 1. The Balaban J connectivity index is 1.20. The van der Waals surface area contributed by atoms with E-state index in [4.69, 9.17) is 4.74 Å². The van der Waals surface area contributed by atoms with Gasteiger partial charge in [-0.25, -0.2) is 4.90 Å². The molecule has 9 nitrogen and oxygen atoms in total. The van der Waals surface area contributed by atoms with E-state index in [1.807, 2.05) is 18.2 Å². The standard InChI is InChI=1S/C41H34N2O7/c1-41-30(38(47)43(40(41)49)25-12-7-4-8-13-25)22-29-27(35(41)34-31(44)14-9-15-32(34)50-2)20-21-28-33(29)39(48)42(37(28)46)26-18-16-24(17-19-26)36(45)23-10-5-3-6-11-23/h3-20,28-30,33,35,44H,21-22H2,1-2H3/t28-,29+,30-,33-,35+,41+/m0/s1. The molecule has 4 amide bonds. The van der Waals surface area contributed by atoms with Gasteiger partial charge in [-0.2, -0.15) is 0 Å². The largest absolute Gasteiger partial charge is 0.508 e. The van der Waals surface area contributed by atoms with Crippen LogP contribution in [0.4, 0.5) is 11.4 Å². The van der Waals surface area contributed by atoms with Gasteiger partial charge in [0.2, 0.25) is 23.6 Å². The first-order valence-electron chi connectivity index (χ1n) is 16.7. The summed E-state index contributed by atoms with van der Waals surface area (Å²) < 4.78 is 5.73. The summed E-state index contributed by atoms with van der Waals surface area (Å²) in [6.45, 7) is 1.77. The number of allylic oxidation sites excluding steroid dienone is 2. The number of fused-ring (bicyclic) bond motifs is 4. The van der Waals surface area contributed by atoms with Crippen LogP contribution < -0.4 is 14.5 Å². The maximum atomic E-state index is 14.6. The number of anilines is 2. The molecule has 0 radical (unpaired) electrons. The molecule has 2 aliphatic carbocycles. The third-order valence-corrected chi connectivity index (χ3v) is 11.3. The molecule has 0 bridgehead atoms. The number of para-hydroxylation sites is 1. The Morgan fingerprint density at radius 1 is 0.740 bits per heavy atom. The van der Waals surface area contributed by atoms with E-state index in [0.717, 1.165) is 5.57 Å². The highest BCUT2D eigenvalue weighted by molar-refractivity contribution is 6.25. The van der Waals surface area contributed by atoms with Gasteiger partial charge in [0.25, 0.3) is 0 Å². The van der Waals surface area contributed by atoms with Crippen molar-refractivity contribution in [2.24, 2.45) is 29.1 Å². The maximum absolute atomic E-state index is 14.6. The molecule has 6 atom stereocenters. The lowest BCUT2D eigenvalue weighted by atomic mass is 9.51. The molecule has 250 valence electrons. The van der Waals surface area contributed by atoms with Crippen LogP contribution in [0.1, 0.15) is 47.2 Å². The summed E-state index contributed by atoms with van der Waals surface area (Å²) >= 11 is 0. The zero-order valence-corrected chi connectivity index (χ0v) is 27.5. The number of carbonyl (C=O) groups excluding carboxylic acids is 5. The number of amides is 4. The minimum atomic E-state index is -1.32. The summed E-state index contributed by atoms with van der Waals surface area (Å²) in [5, 5.41) is 11.4. The Labute approximate surface area is 288 Å². The fraction of sp³-hybridized carbons (Fsp3) is 0.244. The maximum Gasteiger partial charge on any atom is 0.241 e. The number of hydrogen-bond donors (Lipinski definition) is 1. The van der Waals surface area contributed by atoms with E-state index < -0.39 is 40.9 Å². The van der Waals surface area contributed by atoms with Crippen molar-refractivity contribution in [3.05, 3.63) is 131 Å². The first-order valence-corrected chi connectivity index (χ1v) is 16.7. The Morgan fingerprint density at radius 2 is 1.38 bits per heavy atom. The Hall–Kier alpha value is -5.83. The molecule has 0 unspecified atom stereocenters. The molecule has 8 rings (SSSR count). The van der Waals surface area contributed by atoms with Crippen LogP contribution in [0.3, 0.4) is 0 Å². The van der Waals surface area contributed by atoms with E-state index >= 15 is 0 Å². The smallest absolute Gasteiger partial charge is 0.241 e. The van der Waals surface area contributed by atoms with Crippen molar-refractivity contribution in [1.82, 2.24) is 0 Å². The van der Waals surface area contributed by atoms with E-state index in [1.54, 1.807) is 91.9 Å². The summed E-state index contributed by atoms with van der Waals surface area (Å²) in [6, 6.07) is 29.0.